The predicted octanol–water partition coefficient (Wildman–Crippen LogP) is 2.18. The minimum Gasteiger partial charge on any atom is -0.548 e. The number of nitrogens with one attached hydrogen (secondary N) is 2. The number of aromatic hydroxyl groups is 1. The van der Waals surface area contributed by atoms with E-state index in [1.165, 1.54) is 30.3 Å². The van der Waals surface area contributed by atoms with Crippen molar-refractivity contribution in [2.45, 2.75) is 12.5 Å². The Labute approximate surface area is 148 Å². The largest absolute Gasteiger partial charge is 0.548 e. The molecular formula is C16H13Cl2N2O4-. The molecule has 0 aliphatic heterocycles. The first-order valence-corrected chi connectivity index (χ1v) is 7.62. The van der Waals surface area contributed by atoms with Crippen molar-refractivity contribution in [3.05, 3.63) is 58.1 Å². The van der Waals surface area contributed by atoms with Crippen molar-refractivity contribution in [1.29, 1.82) is 0 Å². The fraction of sp³-hybridized carbons (Fsp3) is 0.125. The molecule has 0 saturated carbocycles. The molecule has 0 bridgehead atoms. The first kappa shape index (κ1) is 17.9. The molecule has 3 N–H and O–H groups in total. The molecule has 0 aromatic heterocycles. The molecule has 0 spiro atoms. The highest BCUT2D eigenvalue weighted by atomic mass is 35.5. The van der Waals surface area contributed by atoms with Crippen LogP contribution >= 0.6 is 23.2 Å². The van der Waals surface area contributed by atoms with Gasteiger partial charge >= 0.3 is 6.03 Å². The SMILES string of the molecule is O=C(Nc1ccc(Cl)cc1Cl)N[C@H](Cc1ccc(O)cc1)C(=O)[O-]. The average molecular weight is 368 g/mol. The van der Waals surface area contributed by atoms with E-state index in [2.05, 4.69) is 10.6 Å². The number of carbonyl (C=O) groups excluding carboxylic acids is 2. The third-order valence-electron chi connectivity index (χ3n) is 3.15. The Morgan fingerprint density at radius 2 is 1.79 bits per heavy atom. The van der Waals surface area contributed by atoms with Crippen LogP contribution in [0.3, 0.4) is 0 Å². The topological polar surface area (TPSA) is 101 Å². The number of hydrogen-bond acceptors (Lipinski definition) is 4. The lowest BCUT2D eigenvalue weighted by Gasteiger charge is -2.20. The van der Waals surface area contributed by atoms with Crippen molar-refractivity contribution in [2.75, 3.05) is 5.32 Å². The maximum absolute atomic E-state index is 12.0. The third kappa shape index (κ3) is 5.04. The molecule has 6 nitrogen and oxygen atoms in total. The van der Waals surface area contributed by atoms with E-state index < -0.39 is 18.0 Å². The fourth-order valence-electron chi connectivity index (χ4n) is 1.97. The molecule has 126 valence electrons. The second-order valence-electron chi connectivity index (χ2n) is 4.96. The van der Waals surface area contributed by atoms with Crippen molar-refractivity contribution < 1.29 is 19.8 Å². The first-order chi connectivity index (χ1) is 11.3. The minimum atomic E-state index is -1.43. The van der Waals surface area contributed by atoms with Crippen LogP contribution in [0, 0.1) is 0 Å². The summed E-state index contributed by atoms with van der Waals surface area (Å²) in [5.41, 5.74) is 0.909. The van der Waals surface area contributed by atoms with E-state index in [0.717, 1.165) is 0 Å². The first-order valence-electron chi connectivity index (χ1n) is 6.86. The van der Waals surface area contributed by atoms with Crippen LogP contribution in [0.5, 0.6) is 5.75 Å². The molecule has 0 fully saturated rings. The molecule has 0 aliphatic rings. The second kappa shape index (κ2) is 7.90. The van der Waals surface area contributed by atoms with Gasteiger partial charge in [0.1, 0.15) is 5.75 Å². The van der Waals surface area contributed by atoms with Crippen molar-refractivity contribution >= 4 is 40.9 Å². The van der Waals surface area contributed by atoms with Crippen LogP contribution < -0.4 is 15.7 Å². The standard InChI is InChI=1S/C16H14Cl2N2O4/c17-10-3-6-13(12(18)8-10)19-16(24)20-14(15(22)23)7-9-1-4-11(21)5-2-9/h1-6,8,14,21H,7H2,(H,22,23)(H2,19,20,24)/p-1/t14-/m1/s1. The minimum absolute atomic E-state index is 0.00435. The van der Waals surface area contributed by atoms with Crippen LogP contribution in [0.2, 0.25) is 10.0 Å². The van der Waals surface area contributed by atoms with E-state index in [4.69, 9.17) is 23.2 Å². The number of rotatable bonds is 5. The Morgan fingerprint density at radius 1 is 1.12 bits per heavy atom. The number of phenols is 1. The van der Waals surface area contributed by atoms with Gasteiger partial charge in [-0.3, -0.25) is 0 Å². The van der Waals surface area contributed by atoms with Crippen LogP contribution in [0.1, 0.15) is 5.56 Å². The van der Waals surface area contributed by atoms with Crippen LogP contribution in [-0.4, -0.2) is 23.1 Å². The molecule has 0 unspecified atom stereocenters. The van der Waals surface area contributed by atoms with Crippen molar-refractivity contribution in [3.8, 4) is 5.75 Å². The fourth-order valence-corrected chi connectivity index (χ4v) is 2.42. The lowest BCUT2D eigenvalue weighted by atomic mass is 10.1. The Kier molecular flexibility index (Phi) is 5.89. The Hall–Kier alpha value is -2.44. The molecule has 2 aromatic carbocycles. The summed E-state index contributed by atoms with van der Waals surface area (Å²) in [6.45, 7) is 0. The molecule has 0 saturated heterocycles. The third-order valence-corrected chi connectivity index (χ3v) is 3.69. The van der Waals surface area contributed by atoms with Crippen LogP contribution in [0.15, 0.2) is 42.5 Å². The van der Waals surface area contributed by atoms with Gasteiger partial charge in [-0.05, 0) is 42.3 Å². The van der Waals surface area contributed by atoms with Crippen molar-refractivity contribution in [2.24, 2.45) is 0 Å². The molecule has 24 heavy (non-hydrogen) atoms. The zero-order valence-electron chi connectivity index (χ0n) is 12.3. The summed E-state index contributed by atoms with van der Waals surface area (Å²) in [6.07, 6.45) is 0.00435. The zero-order chi connectivity index (χ0) is 17.7. The molecular weight excluding hydrogens is 355 g/mol. The van der Waals surface area contributed by atoms with Gasteiger partial charge in [0, 0.05) is 5.02 Å². The summed E-state index contributed by atoms with van der Waals surface area (Å²) in [5.74, 6) is -1.37. The van der Waals surface area contributed by atoms with E-state index in [0.29, 0.717) is 16.3 Å². The molecule has 0 radical (unpaired) electrons. The number of halogens is 2. The number of benzene rings is 2. The summed E-state index contributed by atoms with van der Waals surface area (Å²) < 4.78 is 0. The number of carboxylic acids is 1. The van der Waals surface area contributed by atoms with Gasteiger partial charge in [0.25, 0.3) is 0 Å². The van der Waals surface area contributed by atoms with Gasteiger partial charge in [-0.1, -0.05) is 35.3 Å². The Balaban J connectivity index is 2.02. The van der Waals surface area contributed by atoms with Gasteiger partial charge in [0.05, 0.1) is 22.7 Å². The number of anilines is 1. The Morgan fingerprint density at radius 3 is 2.38 bits per heavy atom. The number of phenolic OH excluding ortho intramolecular Hbond substituents is 1. The molecule has 0 heterocycles. The van der Waals surface area contributed by atoms with Gasteiger partial charge in [-0.15, -0.1) is 0 Å². The van der Waals surface area contributed by atoms with E-state index in [1.54, 1.807) is 12.1 Å². The van der Waals surface area contributed by atoms with Crippen LogP contribution in [0.4, 0.5) is 10.5 Å². The number of amides is 2. The average Bonchev–Trinajstić information content (AvgIpc) is 2.51. The number of urea groups is 1. The molecule has 8 heteroatoms. The summed E-state index contributed by atoms with van der Waals surface area (Å²) in [5, 5.41) is 25.8. The van der Waals surface area contributed by atoms with Crippen LogP contribution in [-0.2, 0) is 11.2 Å². The number of carboxylic acid groups (broad SMARTS) is 1. The number of carbonyl (C=O) groups is 2. The van der Waals surface area contributed by atoms with E-state index in [9.17, 15) is 19.8 Å². The summed E-state index contributed by atoms with van der Waals surface area (Å²) in [4.78, 5) is 23.2. The molecule has 0 aliphatic carbocycles. The number of aliphatic carboxylic acids is 1. The summed E-state index contributed by atoms with van der Waals surface area (Å²) in [7, 11) is 0. The van der Waals surface area contributed by atoms with Gasteiger partial charge in [-0.2, -0.15) is 0 Å². The second-order valence-corrected chi connectivity index (χ2v) is 5.81. The maximum Gasteiger partial charge on any atom is 0.319 e. The van der Waals surface area contributed by atoms with Crippen molar-refractivity contribution in [1.82, 2.24) is 5.32 Å². The summed E-state index contributed by atoms with van der Waals surface area (Å²) >= 11 is 11.7. The van der Waals surface area contributed by atoms with Crippen molar-refractivity contribution in [3.63, 3.8) is 0 Å². The highest BCUT2D eigenvalue weighted by molar-refractivity contribution is 6.36. The van der Waals surface area contributed by atoms with Gasteiger partial charge in [0.15, 0.2) is 0 Å². The predicted molar refractivity (Wildman–Crippen MR) is 89.2 cm³/mol. The van der Waals surface area contributed by atoms with E-state index >= 15 is 0 Å². The van der Waals surface area contributed by atoms with Gasteiger partial charge < -0.3 is 25.6 Å². The highest BCUT2D eigenvalue weighted by Gasteiger charge is 2.15. The monoisotopic (exact) mass is 367 g/mol. The van der Waals surface area contributed by atoms with Crippen LogP contribution in [0.25, 0.3) is 0 Å². The molecule has 1 atom stereocenters. The zero-order valence-corrected chi connectivity index (χ0v) is 13.8. The quantitative estimate of drug-likeness (QED) is 0.753. The van der Waals surface area contributed by atoms with E-state index in [1.807, 2.05) is 0 Å². The van der Waals surface area contributed by atoms with Gasteiger partial charge in [0.2, 0.25) is 0 Å². The van der Waals surface area contributed by atoms with Gasteiger partial charge in [-0.25, -0.2) is 4.79 Å². The maximum atomic E-state index is 12.0. The molecule has 2 aromatic rings. The smallest absolute Gasteiger partial charge is 0.319 e. The molecule has 2 rings (SSSR count). The number of hydrogen-bond donors (Lipinski definition) is 3. The highest BCUT2D eigenvalue weighted by Crippen LogP contribution is 2.25. The molecule has 2 amide bonds. The lowest BCUT2D eigenvalue weighted by molar-refractivity contribution is -0.308. The lowest BCUT2D eigenvalue weighted by Crippen LogP contribution is -2.50. The van der Waals surface area contributed by atoms with E-state index in [-0.39, 0.29) is 17.2 Å². The Bertz CT molecular complexity index is 750. The summed E-state index contributed by atoms with van der Waals surface area (Å²) in [6, 6.07) is 8.46. The normalized spacial score (nSPS) is 11.6.